The Morgan fingerprint density at radius 1 is 1.50 bits per heavy atom. The van der Waals surface area contributed by atoms with Crippen molar-refractivity contribution in [3.63, 3.8) is 0 Å². The van der Waals surface area contributed by atoms with Crippen molar-refractivity contribution in [3.8, 4) is 12.1 Å². The molecule has 104 valence electrons. The topological polar surface area (TPSA) is 139 Å². The van der Waals surface area contributed by atoms with Crippen LogP contribution < -0.4 is 5.32 Å². The van der Waals surface area contributed by atoms with Gasteiger partial charge in [0.1, 0.15) is 17.4 Å². The number of anilines is 1. The van der Waals surface area contributed by atoms with Gasteiger partial charge in [0.15, 0.2) is 15.7 Å². The number of aromatic amines is 1. The molecule has 1 aromatic rings. The van der Waals surface area contributed by atoms with Crippen molar-refractivity contribution in [2.24, 2.45) is 0 Å². The minimum Gasteiger partial charge on any atom is -0.307 e. The Bertz CT molecular complexity index is 705. The number of carbonyl (C=O) groups is 1. The highest BCUT2D eigenvalue weighted by molar-refractivity contribution is 7.92. The number of aromatic nitrogens is 2. The van der Waals surface area contributed by atoms with E-state index in [2.05, 4.69) is 22.1 Å². The highest BCUT2D eigenvalue weighted by atomic mass is 32.2. The van der Waals surface area contributed by atoms with Gasteiger partial charge in [-0.3, -0.25) is 9.89 Å². The van der Waals surface area contributed by atoms with Crippen LogP contribution >= 0.6 is 0 Å². The highest BCUT2D eigenvalue weighted by Crippen LogP contribution is 2.15. The summed E-state index contributed by atoms with van der Waals surface area (Å²) in [4.78, 5) is 11.6. The van der Waals surface area contributed by atoms with Crippen molar-refractivity contribution in [3.05, 3.63) is 23.9 Å². The van der Waals surface area contributed by atoms with E-state index in [-0.39, 0.29) is 29.2 Å². The van der Waals surface area contributed by atoms with Gasteiger partial charge in [-0.15, -0.1) is 6.58 Å². The summed E-state index contributed by atoms with van der Waals surface area (Å²) in [5, 5.41) is 25.9. The van der Waals surface area contributed by atoms with E-state index in [1.165, 1.54) is 6.08 Å². The standard InChI is InChI=1S/C11H11N5O3S/c1-2-5-20(18,19)7-10(17)14-11-8(6-13)9(3-4-12)15-16-11/h2H,1,3,5,7H2,(H2,14,15,16,17). The molecule has 0 aliphatic heterocycles. The largest absolute Gasteiger partial charge is 0.307 e. The van der Waals surface area contributed by atoms with Crippen molar-refractivity contribution in [1.29, 1.82) is 10.5 Å². The summed E-state index contributed by atoms with van der Waals surface area (Å²) in [7, 11) is -3.58. The molecule has 1 amide bonds. The molecule has 0 aromatic carbocycles. The smallest absolute Gasteiger partial charge is 0.240 e. The molecular formula is C11H11N5O3S. The third kappa shape index (κ3) is 3.93. The summed E-state index contributed by atoms with van der Waals surface area (Å²) < 4.78 is 22.8. The summed E-state index contributed by atoms with van der Waals surface area (Å²) in [6.07, 6.45) is 1.11. The number of hydrogen-bond acceptors (Lipinski definition) is 6. The number of rotatable bonds is 6. The quantitative estimate of drug-likeness (QED) is 0.701. The molecule has 20 heavy (non-hydrogen) atoms. The SMILES string of the molecule is C=CCS(=O)(=O)CC(=O)Nc1n[nH]c(CC#N)c1C#N. The average molecular weight is 293 g/mol. The van der Waals surface area contributed by atoms with Gasteiger partial charge < -0.3 is 5.32 Å². The summed E-state index contributed by atoms with van der Waals surface area (Å²) in [5.41, 5.74) is 0.278. The van der Waals surface area contributed by atoms with Crippen LogP contribution in [-0.2, 0) is 21.1 Å². The first-order valence-electron chi connectivity index (χ1n) is 5.39. The van der Waals surface area contributed by atoms with E-state index in [1.807, 2.05) is 6.07 Å². The molecule has 0 fully saturated rings. The highest BCUT2D eigenvalue weighted by Gasteiger charge is 2.19. The molecule has 1 rings (SSSR count). The molecule has 0 radical (unpaired) electrons. The first kappa shape index (κ1) is 15.4. The predicted molar refractivity (Wildman–Crippen MR) is 70.1 cm³/mol. The molecule has 0 aliphatic rings. The summed E-state index contributed by atoms with van der Waals surface area (Å²) in [6, 6.07) is 3.64. The van der Waals surface area contributed by atoms with Crippen molar-refractivity contribution in [2.45, 2.75) is 6.42 Å². The van der Waals surface area contributed by atoms with Crippen LogP contribution in [0.15, 0.2) is 12.7 Å². The van der Waals surface area contributed by atoms with Gasteiger partial charge in [0, 0.05) is 0 Å². The van der Waals surface area contributed by atoms with Crippen LogP contribution in [0.1, 0.15) is 11.3 Å². The Labute approximate surface area is 115 Å². The molecule has 1 aromatic heterocycles. The maximum Gasteiger partial charge on any atom is 0.240 e. The fraction of sp³-hybridized carbons (Fsp3) is 0.273. The summed E-state index contributed by atoms with van der Waals surface area (Å²) in [5.74, 6) is -1.94. The van der Waals surface area contributed by atoms with Crippen LogP contribution in [0.5, 0.6) is 0 Å². The summed E-state index contributed by atoms with van der Waals surface area (Å²) in [6.45, 7) is 3.29. The molecule has 0 bridgehead atoms. The van der Waals surface area contributed by atoms with Gasteiger partial charge in [0.25, 0.3) is 0 Å². The number of carbonyl (C=O) groups excluding carboxylic acids is 1. The predicted octanol–water partition coefficient (Wildman–Crippen LogP) is -0.113. The van der Waals surface area contributed by atoms with Gasteiger partial charge >= 0.3 is 0 Å². The Hall–Kier alpha value is -2.65. The number of H-pyrrole nitrogens is 1. The molecule has 0 aliphatic carbocycles. The van der Waals surface area contributed by atoms with Gasteiger partial charge in [-0.2, -0.15) is 15.6 Å². The molecule has 0 unspecified atom stereocenters. The van der Waals surface area contributed by atoms with E-state index in [0.717, 1.165) is 0 Å². The summed E-state index contributed by atoms with van der Waals surface area (Å²) >= 11 is 0. The number of amides is 1. The molecule has 0 saturated carbocycles. The normalized spacial score (nSPS) is 10.3. The van der Waals surface area contributed by atoms with Gasteiger partial charge in [0.2, 0.25) is 5.91 Å². The van der Waals surface area contributed by atoms with Gasteiger partial charge in [-0.25, -0.2) is 8.42 Å². The Balaban J connectivity index is 2.85. The third-order valence-electron chi connectivity index (χ3n) is 2.19. The van der Waals surface area contributed by atoms with E-state index < -0.39 is 21.5 Å². The molecule has 0 saturated heterocycles. The lowest BCUT2D eigenvalue weighted by Gasteiger charge is -2.02. The Morgan fingerprint density at radius 3 is 2.75 bits per heavy atom. The van der Waals surface area contributed by atoms with E-state index in [1.54, 1.807) is 6.07 Å². The van der Waals surface area contributed by atoms with Crippen LogP contribution in [0, 0.1) is 22.7 Å². The number of nitrogens with zero attached hydrogens (tertiary/aromatic N) is 3. The van der Waals surface area contributed by atoms with Crippen LogP contribution in [0.25, 0.3) is 0 Å². The maximum atomic E-state index is 11.6. The van der Waals surface area contributed by atoms with Crippen LogP contribution in [0.2, 0.25) is 0 Å². The lowest BCUT2D eigenvalue weighted by Crippen LogP contribution is -2.24. The second-order valence-electron chi connectivity index (χ2n) is 3.76. The molecule has 2 N–H and O–H groups in total. The number of nitrogens with one attached hydrogen (secondary N) is 2. The van der Waals surface area contributed by atoms with E-state index in [9.17, 15) is 13.2 Å². The molecule has 8 nitrogen and oxygen atoms in total. The first-order chi connectivity index (χ1) is 9.43. The number of sulfone groups is 1. The van der Waals surface area contributed by atoms with Crippen LogP contribution in [0.4, 0.5) is 5.82 Å². The lowest BCUT2D eigenvalue weighted by molar-refractivity contribution is -0.113. The molecule has 9 heteroatoms. The zero-order valence-corrected chi connectivity index (χ0v) is 11.2. The fourth-order valence-electron chi connectivity index (χ4n) is 1.40. The molecule has 0 spiro atoms. The van der Waals surface area contributed by atoms with Gasteiger partial charge in [-0.1, -0.05) is 6.08 Å². The molecule has 1 heterocycles. The number of nitriles is 2. The van der Waals surface area contributed by atoms with E-state index >= 15 is 0 Å². The van der Waals surface area contributed by atoms with Crippen molar-refractivity contribution >= 4 is 21.6 Å². The zero-order chi connectivity index (χ0) is 15.2. The monoisotopic (exact) mass is 293 g/mol. The van der Waals surface area contributed by atoms with E-state index in [4.69, 9.17) is 10.5 Å². The minimum absolute atomic E-state index is 0.0148. The van der Waals surface area contributed by atoms with Gasteiger partial charge in [0.05, 0.1) is 23.9 Å². The maximum absolute atomic E-state index is 11.6. The third-order valence-corrected chi connectivity index (χ3v) is 3.64. The van der Waals surface area contributed by atoms with Crippen molar-refractivity contribution in [2.75, 3.05) is 16.8 Å². The number of hydrogen-bond donors (Lipinski definition) is 2. The minimum atomic E-state index is -3.58. The zero-order valence-electron chi connectivity index (χ0n) is 10.4. The lowest BCUT2D eigenvalue weighted by atomic mass is 10.2. The van der Waals surface area contributed by atoms with Gasteiger partial charge in [-0.05, 0) is 0 Å². The molecular weight excluding hydrogens is 282 g/mol. The van der Waals surface area contributed by atoms with Crippen molar-refractivity contribution in [1.82, 2.24) is 10.2 Å². The second kappa shape index (κ2) is 6.50. The van der Waals surface area contributed by atoms with Crippen LogP contribution in [0.3, 0.4) is 0 Å². The Morgan fingerprint density at radius 2 is 2.20 bits per heavy atom. The average Bonchev–Trinajstić information content (AvgIpc) is 2.70. The Kier molecular flexibility index (Phi) is 5.01. The second-order valence-corrected chi connectivity index (χ2v) is 5.87. The molecule has 0 atom stereocenters. The van der Waals surface area contributed by atoms with E-state index in [0.29, 0.717) is 0 Å². The van der Waals surface area contributed by atoms with Crippen LogP contribution in [-0.4, -0.2) is 36.0 Å². The fourth-order valence-corrected chi connectivity index (χ4v) is 2.35. The first-order valence-corrected chi connectivity index (χ1v) is 7.21. The van der Waals surface area contributed by atoms with Crippen molar-refractivity contribution < 1.29 is 13.2 Å².